The fraction of sp³-hybridized carbons (Fsp3) is 0.688. The number of aromatic nitrogens is 5. The van der Waals surface area contributed by atoms with Crippen molar-refractivity contribution in [1.82, 2.24) is 29.4 Å². The van der Waals surface area contributed by atoms with Gasteiger partial charge in [-0.1, -0.05) is 13.8 Å². The van der Waals surface area contributed by atoms with E-state index < -0.39 is 0 Å². The number of hydrogen-bond acceptors (Lipinski definition) is 5. The smallest absolute Gasteiger partial charge is 0.163 e. The maximum absolute atomic E-state index is 5.90. The van der Waals surface area contributed by atoms with E-state index in [0.29, 0.717) is 0 Å². The lowest BCUT2D eigenvalue weighted by molar-refractivity contribution is -0.0387. The van der Waals surface area contributed by atoms with Gasteiger partial charge in [0.05, 0.1) is 12.3 Å². The van der Waals surface area contributed by atoms with Crippen molar-refractivity contribution in [2.45, 2.75) is 39.3 Å². The van der Waals surface area contributed by atoms with Crippen molar-refractivity contribution in [3.8, 4) is 0 Å². The van der Waals surface area contributed by atoms with E-state index in [4.69, 9.17) is 4.74 Å². The molecule has 0 aromatic carbocycles. The van der Waals surface area contributed by atoms with Gasteiger partial charge in [-0.05, 0) is 12.8 Å². The summed E-state index contributed by atoms with van der Waals surface area (Å²) < 4.78 is 9.88. The maximum Gasteiger partial charge on any atom is 0.163 e. The van der Waals surface area contributed by atoms with E-state index in [1.165, 1.54) is 17.0 Å². The second-order valence-corrected chi connectivity index (χ2v) is 6.10. The third-order valence-electron chi connectivity index (χ3n) is 4.59. The van der Waals surface area contributed by atoms with E-state index in [-0.39, 0.29) is 6.10 Å². The molecule has 1 aliphatic heterocycles. The first-order valence-corrected chi connectivity index (χ1v) is 8.35. The van der Waals surface area contributed by atoms with Gasteiger partial charge < -0.3 is 9.30 Å². The Bertz CT molecular complexity index is 662. The Morgan fingerprint density at radius 1 is 1.26 bits per heavy atom. The van der Waals surface area contributed by atoms with Crippen molar-refractivity contribution in [1.29, 1.82) is 0 Å². The number of nitrogens with zero attached hydrogens (tertiary/aromatic N) is 6. The minimum Gasteiger partial charge on any atom is -0.368 e. The molecule has 3 rings (SSSR count). The fourth-order valence-corrected chi connectivity index (χ4v) is 3.38. The molecule has 23 heavy (non-hydrogen) atoms. The summed E-state index contributed by atoms with van der Waals surface area (Å²) in [5, 5.41) is 12.8. The fourth-order valence-electron chi connectivity index (χ4n) is 3.38. The summed E-state index contributed by atoms with van der Waals surface area (Å²) in [6, 6.07) is 0. The highest BCUT2D eigenvalue weighted by molar-refractivity contribution is 5.26. The zero-order valence-corrected chi connectivity index (χ0v) is 14.5. The molecule has 0 spiro atoms. The van der Waals surface area contributed by atoms with Crippen LogP contribution in [0.2, 0.25) is 0 Å². The number of aryl methyl sites for hydroxylation is 3. The molecule has 1 aliphatic rings. The van der Waals surface area contributed by atoms with Gasteiger partial charge in [0.25, 0.3) is 0 Å². The minimum absolute atomic E-state index is 0.0110. The molecule has 1 saturated heterocycles. The minimum atomic E-state index is -0.0110. The maximum atomic E-state index is 5.90. The highest BCUT2D eigenvalue weighted by Gasteiger charge is 2.27. The highest BCUT2D eigenvalue weighted by atomic mass is 16.5. The third-order valence-corrected chi connectivity index (χ3v) is 4.59. The van der Waals surface area contributed by atoms with Gasteiger partial charge in [-0.25, -0.2) is 0 Å². The first-order chi connectivity index (χ1) is 11.1. The van der Waals surface area contributed by atoms with E-state index >= 15 is 0 Å². The van der Waals surface area contributed by atoms with Gasteiger partial charge in [-0.3, -0.25) is 9.58 Å². The second kappa shape index (κ2) is 6.80. The molecule has 0 N–H and O–H groups in total. The van der Waals surface area contributed by atoms with Crippen LogP contribution in [0.1, 0.15) is 42.7 Å². The average Bonchev–Trinajstić information content (AvgIpc) is 3.11. The van der Waals surface area contributed by atoms with Gasteiger partial charge in [0, 0.05) is 45.0 Å². The molecule has 7 nitrogen and oxygen atoms in total. The summed E-state index contributed by atoms with van der Waals surface area (Å²) in [6.07, 6.45) is 3.70. The standard InChI is InChI=1S/C16H26N6O/c1-5-13-12(14(6-2)21(4)19-13)9-22-7-8-23-15(10-22)16-18-17-11-20(16)3/h11,15H,5-10H2,1-4H3/t15-/m1/s1. The Morgan fingerprint density at radius 3 is 2.74 bits per heavy atom. The van der Waals surface area contributed by atoms with E-state index in [1.54, 1.807) is 6.33 Å². The van der Waals surface area contributed by atoms with Gasteiger partial charge in [0.2, 0.25) is 0 Å². The van der Waals surface area contributed by atoms with Crippen LogP contribution in [-0.2, 0) is 38.2 Å². The summed E-state index contributed by atoms with van der Waals surface area (Å²) in [5.74, 6) is 0.896. The SMILES string of the molecule is CCc1nn(C)c(CC)c1CN1CCO[C@@H](c2nncn2C)C1. The van der Waals surface area contributed by atoms with Gasteiger partial charge >= 0.3 is 0 Å². The Labute approximate surface area is 137 Å². The lowest BCUT2D eigenvalue weighted by Crippen LogP contribution is -2.39. The summed E-state index contributed by atoms with van der Waals surface area (Å²) in [7, 11) is 4.01. The lowest BCUT2D eigenvalue weighted by Gasteiger charge is -2.32. The molecular formula is C16H26N6O. The molecule has 0 saturated carbocycles. The predicted molar refractivity (Wildman–Crippen MR) is 86.9 cm³/mol. The Kier molecular flexibility index (Phi) is 4.77. The molecule has 0 amide bonds. The van der Waals surface area contributed by atoms with Crippen molar-refractivity contribution in [2.24, 2.45) is 14.1 Å². The molecule has 0 unspecified atom stereocenters. The van der Waals surface area contributed by atoms with Crippen LogP contribution in [0.4, 0.5) is 0 Å². The van der Waals surface area contributed by atoms with Crippen LogP contribution in [0.25, 0.3) is 0 Å². The van der Waals surface area contributed by atoms with Gasteiger partial charge in [-0.2, -0.15) is 5.10 Å². The average molecular weight is 318 g/mol. The molecular weight excluding hydrogens is 292 g/mol. The van der Waals surface area contributed by atoms with Crippen LogP contribution in [0.5, 0.6) is 0 Å². The van der Waals surface area contributed by atoms with Crippen molar-refractivity contribution >= 4 is 0 Å². The van der Waals surface area contributed by atoms with Crippen molar-refractivity contribution in [3.05, 3.63) is 29.1 Å². The molecule has 2 aromatic rings. The first kappa shape index (κ1) is 16.1. The molecule has 3 heterocycles. The predicted octanol–water partition coefficient (Wildman–Crippen LogP) is 1.25. The zero-order chi connectivity index (χ0) is 16.4. The molecule has 126 valence electrons. The largest absolute Gasteiger partial charge is 0.368 e. The van der Waals surface area contributed by atoms with E-state index in [2.05, 4.69) is 34.0 Å². The highest BCUT2D eigenvalue weighted by Crippen LogP contribution is 2.24. The molecule has 2 aromatic heterocycles. The number of ether oxygens (including phenoxy) is 1. The summed E-state index contributed by atoms with van der Waals surface area (Å²) in [6.45, 7) is 7.80. The van der Waals surface area contributed by atoms with Crippen LogP contribution in [-0.4, -0.2) is 49.1 Å². The van der Waals surface area contributed by atoms with Crippen LogP contribution >= 0.6 is 0 Å². The van der Waals surface area contributed by atoms with Crippen LogP contribution < -0.4 is 0 Å². The summed E-state index contributed by atoms with van der Waals surface area (Å²) in [4.78, 5) is 2.44. The van der Waals surface area contributed by atoms with Crippen molar-refractivity contribution in [2.75, 3.05) is 19.7 Å². The lowest BCUT2D eigenvalue weighted by atomic mass is 10.1. The normalized spacial score (nSPS) is 19.4. The quantitative estimate of drug-likeness (QED) is 0.830. The Balaban J connectivity index is 1.77. The second-order valence-electron chi connectivity index (χ2n) is 6.10. The first-order valence-electron chi connectivity index (χ1n) is 8.35. The van der Waals surface area contributed by atoms with Gasteiger partial charge in [-0.15, -0.1) is 10.2 Å². The van der Waals surface area contributed by atoms with Gasteiger partial charge in [0.1, 0.15) is 12.4 Å². The Hall–Kier alpha value is -1.73. The van der Waals surface area contributed by atoms with E-state index in [1.807, 2.05) is 23.3 Å². The zero-order valence-electron chi connectivity index (χ0n) is 14.5. The Morgan fingerprint density at radius 2 is 2.09 bits per heavy atom. The number of morpholine rings is 1. The van der Waals surface area contributed by atoms with Crippen molar-refractivity contribution in [3.63, 3.8) is 0 Å². The molecule has 7 heteroatoms. The topological polar surface area (TPSA) is 61.0 Å². The molecule has 0 bridgehead atoms. The van der Waals surface area contributed by atoms with Crippen molar-refractivity contribution < 1.29 is 4.74 Å². The summed E-state index contributed by atoms with van der Waals surface area (Å²) in [5.41, 5.74) is 3.94. The number of hydrogen-bond donors (Lipinski definition) is 0. The molecule has 1 atom stereocenters. The monoisotopic (exact) mass is 318 g/mol. The van der Waals surface area contributed by atoms with Crippen LogP contribution in [0.3, 0.4) is 0 Å². The number of rotatable bonds is 5. The van der Waals surface area contributed by atoms with Crippen LogP contribution in [0.15, 0.2) is 6.33 Å². The van der Waals surface area contributed by atoms with E-state index in [0.717, 1.165) is 44.9 Å². The molecule has 0 aliphatic carbocycles. The molecule has 0 radical (unpaired) electrons. The summed E-state index contributed by atoms with van der Waals surface area (Å²) >= 11 is 0. The third kappa shape index (κ3) is 3.16. The van der Waals surface area contributed by atoms with Crippen LogP contribution in [0, 0.1) is 0 Å². The van der Waals surface area contributed by atoms with Gasteiger partial charge in [0.15, 0.2) is 5.82 Å². The van der Waals surface area contributed by atoms with E-state index in [9.17, 15) is 0 Å². The molecule has 1 fully saturated rings.